The fourth-order valence-corrected chi connectivity index (χ4v) is 2.30. The van der Waals surface area contributed by atoms with Crippen LogP contribution in [0.25, 0.3) is 0 Å². The standard InChI is InChI=1S/C9H14O4/c10-8(11)7-1-4-13-9(7)2-5-12-6-3-9/h7H,1-6H2,(H,10,11). The number of rotatable bonds is 1. The van der Waals surface area contributed by atoms with E-state index in [-0.39, 0.29) is 5.92 Å². The highest BCUT2D eigenvalue weighted by Gasteiger charge is 2.48. The van der Waals surface area contributed by atoms with Gasteiger partial charge in [0, 0.05) is 32.7 Å². The van der Waals surface area contributed by atoms with Crippen molar-refractivity contribution in [3.63, 3.8) is 0 Å². The van der Waals surface area contributed by atoms with Crippen molar-refractivity contribution in [2.45, 2.75) is 24.9 Å². The normalized spacial score (nSPS) is 32.2. The smallest absolute Gasteiger partial charge is 0.309 e. The van der Waals surface area contributed by atoms with E-state index in [1.165, 1.54) is 0 Å². The van der Waals surface area contributed by atoms with Gasteiger partial charge in [0.05, 0.1) is 11.5 Å². The van der Waals surface area contributed by atoms with E-state index < -0.39 is 11.6 Å². The number of carbonyl (C=O) groups is 1. The summed E-state index contributed by atoms with van der Waals surface area (Å²) in [7, 11) is 0. The Labute approximate surface area is 76.8 Å². The third-order valence-electron chi connectivity index (χ3n) is 3.07. The van der Waals surface area contributed by atoms with Gasteiger partial charge in [-0.25, -0.2) is 0 Å². The predicted molar refractivity (Wildman–Crippen MR) is 44.5 cm³/mol. The van der Waals surface area contributed by atoms with E-state index in [1.807, 2.05) is 0 Å². The maximum absolute atomic E-state index is 11.0. The Kier molecular flexibility index (Phi) is 2.26. The first kappa shape index (κ1) is 8.97. The molecule has 2 aliphatic rings. The molecule has 2 aliphatic heterocycles. The lowest BCUT2D eigenvalue weighted by molar-refractivity contribution is -0.154. The number of carboxylic acid groups (broad SMARTS) is 1. The van der Waals surface area contributed by atoms with Crippen LogP contribution >= 0.6 is 0 Å². The van der Waals surface area contributed by atoms with Crippen LogP contribution in [0.4, 0.5) is 0 Å². The number of hydrogen-bond acceptors (Lipinski definition) is 3. The van der Waals surface area contributed by atoms with Gasteiger partial charge in [0.25, 0.3) is 0 Å². The second-order valence-corrected chi connectivity index (χ2v) is 3.71. The zero-order valence-corrected chi connectivity index (χ0v) is 7.49. The first-order chi connectivity index (χ1) is 6.25. The topological polar surface area (TPSA) is 55.8 Å². The molecule has 4 nitrogen and oxygen atoms in total. The Morgan fingerprint density at radius 1 is 1.31 bits per heavy atom. The van der Waals surface area contributed by atoms with E-state index in [9.17, 15) is 4.79 Å². The van der Waals surface area contributed by atoms with Gasteiger partial charge in [-0.15, -0.1) is 0 Å². The van der Waals surface area contributed by atoms with E-state index in [1.54, 1.807) is 0 Å². The minimum Gasteiger partial charge on any atom is -0.481 e. The highest BCUT2D eigenvalue weighted by Crippen LogP contribution is 2.40. The number of aliphatic carboxylic acids is 1. The van der Waals surface area contributed by atoms with Crippen LogP contribution in [0.5, 0.6) is 0 Å². The molecule has 74 valence electrons. The van der Waals surface area contributed by atoms with Gasteiger partial charge >= 0.3 is 5.97 Å². The van der Waals surface area contributed by atoms with Crippen LogP contribution in [0, 0.1) is 5.92 Å². The Morgan fingerprint density at radius 3 is 2.62 bits per heavy atom. The summed E-state index contributed by atoms with van der Waals surface area (Å²) in [5, 5.41) is 9.01. The monoisotopic (exact) mass is 186 g/mol. The molecule has 0 aromatic heterocycles. The molecular weight excluding hydrogens is 172 g/mol. The second kappa shape index (κ2) is 3.27. The summed E-state index contributed by atoms with van der Waals surface area (Å²) in [6, 6.07) is 0. The van der Waals surface area contributed by atoms with Gasteiger partial charge in [0.2, 0.25) is 0 Å². The molecule has 0 aromatic rings. The number of carboxylic acids is 1. The minimum absolute atomic E-state index is 0.323. The highest BCUT2D eigenvalue weighted by atomic mass is 16.5. The number of hydrogen-bond donors (Lipinski definition) is 1. The van der Waals surface area contributed by atoms with Crippen molar-refractivity contribution < 1.29 is 19.4 Å². The molecule has 2 heterocycles. The molecule has 0 radical (unpaired) electrons. The Bertz CT molecular complexity index is 208. The maximum atomic E-state index is 11.0. The molecule has 0 amide bonds. The molecule has 2 saturated heterocycles. The predicted octanol–water partition coefficient (Wildman–Crippen LogP) is 0.657. The van der Waals surface area contributed by atoms with Gasteiger partial charge in [0.1, 0.15) is 0 Å². The fourth-order valence-electron chi connectivity index (χ4n) is 2.30. The van der Waals surface area contributed by atoms with Gasteiger partial charge < -0.3 is 14.6 Å². The molecule has 4 heteroatoms. The Balaban J connectivity index is 2.13. The largest absolute Gasteiger partial charge is 0.481 e. The summed E-state index contributed by atoms with van der Waals surface area (Å²) in [5.41, 5.74) is -0.413. The lowest BCUT2D eigenvalue weighted by Gasteiger charge is -2.35. The third-order valence-corrected chi connectivity index (χ3v) is 3.07. The first-order valence-electron chi connectivity index (χ1n) is 4.69. The Hall–Kier alpha value is -0.610. The molecule has 0 aromatic carbocycles. The SMILES string of the molecule is O=C(O)C1CCOC12CCOCC2. The van der Waals surface area contributed by atoms with Crippen molar-refractivity contribution in [2.75, 3.05) is 19.8 Å². The summed E-state index contributed by atoms with van der Waals surface area (Å²) in [4.78, 5) is 11.0. The van der Waals surface area contributed by atoms with Crippen LogP contribution in [0.3, 0.4) is 0 Å². The molecule has 13 heavy (non-hydrogen) atoms. The molecule has 1 unspecified atom stereocenters. The van der Waals surface area contributed by atoms with Gasteiger partial charge in [0.15, 0.2) is 0 Å². The van der Waals surface area contributed by atoms with Crippen LogP contribution in [-0.2, 0) is 14.3 Å². The summed E-state index contributed by atoms with van der Waals surface area (Å²) in [5.74, 6) is -1.05. The van der Waals surface area contributed by atoms with Crippen molar-refractivity contribution in [3.8, 4) is 0 Å². The molecule has 0 bridgehead atoms. The van der Waals surface area contributed by atoms with Crippen LogP contribution in [-0.4, -0.2) is 36.5 Å². The molecule has 1 N–H and O–H groups in total. The average molecular weight is 186 g/mol. The van der Waals surface area contributed by atoms with Gasteiger partial charge in [-0.3, -0.25) is 4.79 Å². The Morgan fingerprint density at radius 2 is 2.00 bits per heavy atom. The quantitative estimate of drug-likeness (QED) is 0.653. The molecular formula is C9H14O4. The summed E-state index contributed by atoms with van der Waals surface area (Å²) in [6.45, 7) is 1.84. The van der Waals surface area contributed by atoms with Crippen molar-refractivity contribution >= 4 is 5.97 Å². The van der Waals surface area contributed by atoms with Crippen LogP contribution in [0.15, 0.2) is 0 Å². The highest BCUT2D eigenvalue weighted by molar-refractivity contribution is 5.72. The second-order valence-electron chi connectivity index (χ2n) is 3.71. The summed E-state index contributed by atoms with van der Waals surface area (Å²) in [6.07, 6.45) is 2.10. The first-order valence-corrected chi connectivity index (χ1v) is 4.69. The lowest BCUT2D eigenvalue weighted by Crippen LogP contribution is -2.44. The number of ether oxygens (including phenoxy) is 2. The minimum atomic E-state index is -0.723. The van der Waals surface area contributed by atoms with E-state index in [0.717, 1.165) is 12.8 Å². The van der Waals surface area contributed by atoms with Crippen LogP contribution in [0.1, 0.15) is 19.3 Å². The molecule has 0 saturated carbocycles. The van der Waals surface area contributed by atoms with Gasteiger partial charge in [-0.2, -0.15) is 0 Å². The molecule has 2 rings (SSSR count). The van der Waals surface area contributed by atoms with E-state index >= 15 is 0 Å². The van der Waals surface area contributed by atoms with E-state index in [2.05, 4.69) is 0 Å². The zero-order valence-electron chi connectivity index (χ0n) is 7.49. The van der Waals surface area contributed by atoms with Crippen molar-refractivity contribution in [1.29, 1.82) is 0 Å². The van der Waals surface area contributed by atoms with E-state index in [4.69, 9.17) is 14.6 Å². The van der Waals surface area contributed by atoms with Crippen LogP contribution in [0.2, 0.25) is 0 Å². The van der Waals surface area contributed by atoms with Crippen molar-refractivity contribution in [1.82, 2.24) is 0 Å². The fraction of sp³-hybridized carbons (Fsp3) is 0.889. The van der Waals surface area contributed by atoms with Crippen molar-refractivity contribution in [3.05, 3.63) is 0 Å². The molecule has 1 atom stereocenters. The third kappa shape index (κ3) is 1.44. The van der Waals surface area contributed by atoms with Crippen LogP contribution < -0.4 is 0 Å². The summed E-state index contributed by atoms with van der Waals surface area (Å²) < 4.78 is 10.8. The zero-order chi connectivity index (χ0) is 9.31. The van der Waals surface area contributed by atoms with Crippen molar-refractivity contribution in [2.24, 2.45) is 5.92 Å². The molecule has 0 aliphatic carbocycles. The summed E-state index contributed by atoms with van der Waals surface area (Å²) >= 11 is 0. The average Bonchev–Trinajstić information content (AvgIpc) is 2.50. The van der Waals surface area contributed by atoms with E-state index in [0.29, 0.717) is 26.2 Å². The molecule has 2 fully saturated rings. The van der Waals surface area contributed by atoms with Gasteiger partial charge in [-0.1, -0.05) is 0 Å². The lowest BCUT2D eigenvalue weighted by atomic mass is 9.81. The molecule has 1 spiro atoms. The van der Waals surface area contributed by atoms with Gasteiger partial charge in [-0.05, 0) is 6.42 Å². The maximum Gasteiger partial charge on any atom is 0.309 e.